The summed E-state index contributed by atoms with van der Waals surface area (Å²) in [6, 6.07) is 0. The number of aromatic nitrogens is 2. The number of hydrogen-bond donors (Lipinski definition) is 2. The SMILES string of the molecule is O=S1(=O)CCC(c2[nH]ncc2O)CC1. The molecule has 0 bridgehead atoms. The van der Waals surface area contributed by atoms with E-state index in [2.05, 4.69) is 10.2 Å². The van der Waals surface area contributed by atoms with E-state index in [4.69, 9.17) is 0 Å². The zero-order valence-corrected chi connectivity index (χ0v) is 8.42. The van der Waals surface area contributed by atoms with E-state index in [1.54, 1.807) is 0 Å². The number of aromatic amines is 1. The van der Waals surface area contributed by atoms with Gasteiger partial charge in [-0.1, -0.05) is 0 Å². The predicted octanol–water partition coefficient (Wildman–Crippen LogP) is 0.407. The molecule has 1 aromatic heterocycles. The lowest BCUT2D eigenvalue weighted by Crippen LogP contribution is -2.22. The molecule has 0 saturated carbocycles. The Kier molecular flexibility index (Phi) is 2.22. The van der Waals surface area contributed by atoms with E-state index >= 15 is 0 Å². The summed E-state index contributed by atoms with van der Waals surface area (Å²) >= 11 is 0. The number of hydrogen-bond acceptors (Lipinski definition) is 4. The molecule has 1 saturated heterocycles. The molecule has 2 N–H and O–H groups in total. The summed E-state index contributed by atoms with van der Waals surface area (Å²) in [4.78, 5) is 0. The van der Waals surface area contributed by atoms with Crippen molar-refractivity contribution in [2.24, 2.45) is 0 Å². The average molecular weight is 216 g/mol. The van der Waals surface area contributed by atoms with Crippen molar-refractivity contribution in [2.45, 2.75) is 18.8 Å². The first-order chi connectivity index (χ1) is 6.58. The standard InChI is InChI=1S/C8H12N2O3S/c11-7-5-9-10-8(7)6-1-3-14(12,13)4-2-6/h5-6,11H,1-4H2,(H,9,10). The van der Waals surface area contributed by atoms with Crippen LogP contribution in [0.2, 0.25) is 0 Å². The molecule has 0 amide bonds. The molecule has 2 rings (SSSR count). The molecule has 1 aliphatic heterocycles. The zero-order chi connectivity index (χ0) is 10.2. The maximum atomic E-state index is 11.2. The van der Waals surface area contributed by atoms with Gasteiger partial charge in [-0.25, -0.2) is 8.42 Å². The third-order valence-electron chi connectivity index (χ3n) is 2.61. The van der Waals surface area contributed by atoms with Gasteiger partial charge in [-0.05, 0) is 12.8 Å². The number of nitrogens with zero attached hydrogens (tertiary/aromatic N) is 1. The second-order valence-corrected chi connectivity index (χ2v) is 5.90. The van der Waals surface area contributed by atoms with Crippen LogP contribution in [-0.4, -0.2) is 35.2 Å². The van der Waals surface area contributed by atoms with Crippen molar-refractivity contribution in [3.05, 3.63) is 11.9 Å². The Labute approximate surface area is 82.1 Å². The topological polar surface area (TPSA) is 83.0 Å². The van der Waals surface area contributed by atoms with Crippen LogP contribution in [0.3, 0.4) is 0 Å². The molecule has 0 spiro atoms. The first kappa shape index (κ1) is 9.51. The quantitative estimate of drug-likeness (QED) is 0.712. The second-order valence-electron chi connectivity index (χ2n) is 3.60. The summed E-state index contributed by atoms with van der Waals surface area (Å²) < 4.78 is 22.3. The van der Waals surface area contributed by atoms with Crippen LogP contribution in [-0.2, 0) is 9.84 Å². The van der Waals surface area contributed by atoms with Crippen LogP contribution in [0.4, 0.5) is 0 Å². The van der Waals surface area contributed by atoms with Gasteiger partial charge in [-0.2, -0.15) is 5.10 Å². The molecule has 1 fully saturated rings. The molecule has 6 heteroatoms. The molecule has 0 aliphatic carbocycles. The van der Waals surface area contributed by atoms with Crippen molar-refractivity contribution >= 4 is 9.84 Å². The van der Waals surface area contributed by atoms with E-state index in [-0.39, 0.29) is 23.2 Å². The third kappa shape index (κ3) is 1.75. The van der Waals surface area contributed by atoms with Crippen LogP contribution < -0.4 is 0 Å². The van der Waals surface area contributed by atoms with Crippen molar-refractivity contribution in [1.82, 2.24) is 10.2 Å². The highest BCUT2D eigenvalue weighted by Crippen LogP contribution is 2.32. The highest BCUT2D eigenvalue weighted by molar-refractivity contribution is 7.91. The van der Waals surface area contributed by atoms with Gasteiger partial charge in [-0.15, -0.1) is 0 Å². The summed E-state index contributed by atoms with van der Waals surface area (Å²) in [5.41, 5.74) is 0.667. The Bertz CT molecular complexity index is 410. The fourth-order valence-electron chi connectivity index (χ4n) is 1.77. The zero-order valence-electron chi connectivity index (χ0n) is 7.60. The number of aromatic hydroxyl groups is 1. The van der Waals surface area contributed by atoms with Crippen LogP contribution in [0.25, 0.3) is 0 Å². The van der Waals surface area contributed by atoms with E-state index in [1.807, 2.05) is 0 Å². The summed E-state index contributed by atoms with van der Waals surface area (Å²) in [7, 11) is -2.84. The van der Waals surface area contributed by atoms with E-state index in [1.165, 1.54) is 6.20 Å². The molecule has 0 aromatic carbocycles. The molecule has 5 nitrogen and oxygen atoms in total. The van der Waals surface area contributed by atoms with Gasteiger partial charge in [0.15, 0.2) is 5.75 Å². The lowest BCUT2D eigenvalue weighted by molar-refractivity contribution is 0.453. The van der Waals surface area contributed by atoms with E-state index in [9.17, 15) is 13.5 Å². The highest BCUT2D eigenvalue weighted by Gasteiger charge is 2.27. The Morgan fingerprint density at radius 2 is 2.07 bits per heavy atom. The lowest BCUT2D eigenvalue weighted by Gasteiger charge is -2.20. The first-order valence-corrected chi connectivity index (χ1v) is 6.33. The number of rotatable bonds is 1. The minimum Gasteiger partial charge on any atom is -0.504 e. The summed E-state index contributed by atoms with van der Waals surface area (Å²) in [6.45, 7) is 0. The molecule has 1 aliphatic rings. The fourth-order valence-corrected chi connectivity index (χ4v) is 3.26. The minimum atomic E-state index is -2.84. The number of H-pyrrole nitrogens is 1. The maximum Gasteiger partial charge on any atom is 0.156 e. The highest BCUT2D eigenvalue weighted by atomic mass is 32.2. The van der Waals surface area contributed by atoms with Gasteiger partial charge in [0.1, 0.15) is 9.84 Å². The minimum absolute atomic E-state index is 0.0982. The molecular formula is C8H12N2O3S. The molecule has 78 valence electrons. The average Bonchev–Trinajstić information content (AvgIpc) is 2.52. The molecule has 14 heavy (non-hydrogen) atoms. The molecule has 0 radical (unpaired) electrons. The normalized spacial score (nSPS) is 22.3. The second kappa shape index (κ2) is 3.27. The number of sulfone groups is 1. The van der Waals surface area contributed by atoms with E-state index < -0.39 is 9.84 Å². The predicted molar refractivity (Wildman–Crippen MR) is 50.9 cm³/mol. The van der Waals surface area contributed by atoms with Crippen molar-refractivity contribution in [1.29, 1.82) is 0 Å². The first-order valence-electron chi connectivity index (χ1n) is 4.51. The Hall–Kier alpha value is -1.04. The molecular weight excluding hydrogens is 204 g/mol. The van der Waals surface area contributed by atoms with Crippen molar-refractivity contribution < 1.29 is 13.5 Å². The van der Waals surface area contributed by atoms with Crippen LogP contribution in [0, 0.1) is 0 Å². The Morgan fingerprint density at radius 3 is 2.57 bits per heavy atom. The van der Waals surface area contributed by atoms with E-state index in [0.717, 1.165) is 0 Å². The van der Waals surface area contributed by atoms with Gasteiger partial charge in [-0.3, -0.25) is 5.10 Å². The third-order valence-corrected chi connectivity index (χ3v) is 4.33. The van der Waals surface area contributed by atoms with Crippen molar-refractivity contribution in [3.63, 3.8) is 0 Å². The van der Waals surface area contributed by atoms with Gasteiger partial charge < -0.3 is 5.11 Å². The maximum absolute atomic E-state index is 11.2. The summed E-state index contributed by atoms with van der Waals surface area (Å²) in [5, 5.41) is 15.8. The smallest absolute Gasteiger partial charge is 0.156 e. The summed E-state index contributed by atoms with van der Waals surface area (Å²) in [5.74, 6) is 0.641. The fraction of sp³-hybridized carbons (Fsp3) is 0.625. The van der Waals surface area contributed by atoms with Gasteiger partial charge in [0.05, 0.1) is 23.4 Å². The van der Waals surface area contributed by atoms with Gasteiger partial charge in [0.25, 0.3) is 0 Å². The van der Waals surface area contributed by atoms with E-state index in [0.29, 0.717) is 18.5 Å². The van der Waals surface area contributed by atoms with Crippen LogP contribution in [0.5, 0.6) is 5.75 Å². The molecule has 1 aromatic rings. The largest absolute Gasteiger partial charge is 0.504 e. The Morgan fingerprint density at radius 1 is 1.43 bits per heavy atom. The number of nitrogens with one attached hydrogen (secondary N) is 1. The lowest BCUT2D eigenvalue weighted by atomic mass is 9.99. The van der Waals surface area contributed by atoms with Crippen LogP contribution in [0.1, 0.15) is 24.5 Å². The summed E-state index contributed by atoms with van der Waals surface area (Å²) in [6.07, 6.45) is 2.48. The van der Waals surface area contributed by atoms with Crippen LogP contribution >= 0.6 is 0 Å². The van der Waals surface area contributed by atoms with Crippen molar-refractivity contribution in [2.75, 3.05) is 11.5 Å². The van der Waals surface area contributed by atoms with Crippen molar-refractivity contribution in [3.8, 4) is 5.75 Å². The van der Waals surface area contributed by atoms with Gasteiger partial charge in [0.2, 0.25) is 0 Å². The van der Waals surface area contributed by atoms with Gasteiger partial charge >= 0.3 is 0 Å². The molecule has 2 heterocycles. The molecule has 0 atom stereocenters. The van der Waals surface area contributed by atoms with Crippen LogP contribution in [0.15, 0.2) is 6.20 Å². The monoisotopic (exact) mass is 216 g/mol. The Balaban J connectivity index is 2.13. The van der Waals surface area contributed by atoms with Gasteiger partial charge in [0, 0.05) is 5.92 Å². The molecule has 0 unspecified atom stereocenters.